The third-order valence-electron chi connectivity index (χ3n) is 7.46. The first kappa shape index (κ1) is 24.3. The van der Waals surface area contributed by atoms with Crippen LogP contribution in [0, 0.1) is 12.8 Å². The topological polar surface area (TPSA) is 115 Å². The summed E-state index contributed by atoms with van der Waals surface area (Å²) in [7, 11) is 3.58. The van der Waals surface area contributed by atoms with Crippen LogP contribution in [-0.4, -0.2) is 64.3 Å². The van der Waals surface area contributed by atoms with Crippen molar-refractivity contribution in [2.75, 3.05) is 24.3 Å². The Morgan fingerprint density at radius 2 is 1.94 bits per heavy atom. The van der Waals surface area contributed by atoms with Crippen molar-refractivity contribution in [1.29, 1.82) is 0 Å². The number of likely N-dealkylation sites (N-methyl/N-ethyl adjacent to an activating group) is 1. The van der Waals surface area contributed by atoms with E-state index in [-0.39, 0.29) is 54.9 Å². The molecule has 0 spiro atoms. The van der Waals surface area contributed by atoms with Crippen LogP contribution < -0.4 is 15.4 Å². The van der Waals surface area contributed by atoms with Crippen LogP contribution in [0.4, 0.5) is 11.4 Å². The third kappa shape index (κ3) is 4.95. The summed E-state index contributed by atoms with van der Waals surface area (Å²) in [6.07, 6.45) is 5.64. The molecule has 5 rings (SSSR count). The zero-order valence-electron chi connectivity index (χ0n) is 21.0. The summed E-state index contributed by atoms with van der Waals surface area (Å²) >= 11 is 0. The van der Waals surface area contributed by atoms with Gasteiger partial charge in [0, 0.05) is 31.9 Å². The predicted molar refractivity (Wildman–Crippen MR) is 133 cm³/mol. The van der Waals surface area contributed by atoms with Gasteiger partial charge < -0.3 is 25.0 Å². The molecule has 10 nitrogen and oxygen atoms in total. The fourth-order valence-corrected chi connectivity index (χ4v) is 5.15. The second-order valence-electron chi connectivity index (χ2n) is 10.1. The molecule has 0 bridgehead atoms. The summed E-state index contributed by atoms with van der Waals surface area (Å²) in [6, 6.07) is 5.01. The van der Waals surface area contributed by atoms with E-state index < -0.39 is 0 Å². The van der Waals surface area contributed by atoms with Crippen LogP contribution in [0.5, 0.6) is 5.75 Å². The van der Waals surface area contributed by atoms with Crippen LogP contribution in [0.1, 0.15) is 54.6 Å². The van der Waals surface area contributed by atoms with Crippen molar-refractivity contribution in [2.24, 2.45) is 13.0 Å². The molecule has 3 aliphatic rings. The number of anilines is 2. The molecule has 3 heterocycles. The molecular weight excluding hydrogens is 462 g/mol. The Labute approximate surface area is 210 Å². The molecule has 2 N–H and O–H groups in total. The number of hydrogen-bond donors (Lipinski definition) is 2. The first-order valence-electron chi connectivity index (χ1n) is 12.6. The van der Waals surface area contributed by atoms with E-state index in [0.717, 1.165) is 25.0 Å². The molecule has 2 aliphatic heterocycles. The molecule has 1 aliphatic carbocycles. The van der Waals surface area contributed by atoms with Gasteiger partial charge >= 0.3 is 0 Å². The molecule has 1 saturated carbocycles. The number of hydrogen-bond acceptors (Lipinski definition) is 6. The summed E-state index contributed by atoms with van der Waals surface area (Å²) in [5.74, 6) is 0.217. The molecule has 36 heavy (non-hydrogen) atoms. The van der Waals surface area contributed by atoms with Gasteiger partial charge in [0.05, 0.1) is 35.5 Å². The Morgan fingerprint density at radius 1 is 1.14 bits per heavy atom. The number of fused-ring (bicyclic) bond motifs is 2. The lowest BCUT2D eigenvalue weighted by Crippen LogP contribution is -2.53. The molecule has 1 saturated heterocycles. The van der Waals surface area contributed by atoms with E-state index in [1.54, 1.807) is 41.0 Å². The number of benzene rings is 1. The lowest BCUT2D eigenvalue weighted by molar-refractivity contribution is -0.130. The summed E-state index contributed by atoms with van der Waals surface area (Å²) in [5, 5.41) is 10.1. The highest BCUT2D eigenvalue weighted by Crippen LogP contribution is 2.33. The van der Waals surface area contributed by atoms with E-state index in [2.05, 4.69) is 15.7 Å². The SMILES string of the molecule is Cc1nn(C)cc1NC(=O)C[C@H]1CC[C@@H]2[C@H](COc3ccc(NC(=O)C4CCC4)cc3C(=O)N2C)O1. The minimum Gasteiger partial charge on any atom is -0.490 e. The van der Waals surface area contributed by atoms with Crippen LogP contribution in [0.2, 0.25) is 0 Å². The maximum atomic E-state index is 13.4. The van der Waals surface area contributed by atoms with Crippen molar-refractivity contribution in [2.45, 2.75) is 63.7 Å². The van der Waals surface area contributed by atoms with Crippen LogP contribution in [0.15, 0.2) is 24.4 Å². The Kier molecular flexibility index (Phi) is 6.70. The van der Waals surface area contributed by atoms with Gasteiger partial charge in [0.1, 0.15) is 18.5 Å². The fraction of sp³-hybridized carbons (Fsp3) is 0.538. The van der Waals surface area contributed by atoms with Crippen LogP contribution in [0.3, 0.4) is 0 Å². The maximum absolute atomic E-state index is 13.4. The Balaban J connectivity index is 1.24. The standard InChI is InChI=1S/C26H33N5O5/c1-15-20(13-30(2)29-15)28-24(32)12-18-8-9-21-23(36-18)14-35-22-10-7-17(11-19(22)26(34)31(21)3)27-25(33)16-5-4-6-16/h7,10-11,13,16,18,21,23H,4-6,8-9,12,14H2,1-3H3,(H,27,33)(H,28,32)/t18-,21-,23+/m1/s1. The van der Waals surface area contributed by atoms with Crippen molar-refractivity contribution in [3.8, 4) is 5.75 Å². The number of nitrogens with one attached hydrogen (secondary N) is 2. The molecule has 10 heteroatoms. The third-order valence-corrected chi connectivity index (χ3v) is 7.46. The smallest absolute Gasteiger partial charge is 0.257 e. The maximum Gasteiger partial charge on any atom is 0.257 e. The van der Waals surface area contributed by atoms with Gasteiger partial charge in [-0.3, -0.25) is 19.1 Å². The average molecular weight is 496 g/mol. The van der Waals surface area contributed by atoms with Gasteiger partial charge in [-0.05, 0) is 50.8 Å². The Bertz CT molecular complexity index is 1170. The van der Waals surface area contributed by atoms with Crippen molar-refractivity contribution in [3.63, 3.8) is 0 Å². The molecule has 1 aromatic carbocycles. The van der Waals surface area contributed by atoms with Gasteiger partial charge in [0.25, 0.3) is 5.91 Å². The normalized spacial score (nSPS) is 23.9. The van der Waals surface area contributed by atoms with Gasteiger partial charge in [0.15, 0.2) is 0 Å². The van der Waals surface area contributed by atoms with E-state index in [0.29, 0.717) is 35.5 Å². The molecule has 192 valence electrons. The first-order valence-corrected chi connectivity index (χ1v) is 12.6. The molecule has 2 aromatic rings. The molecule has 2 fully saturated rings. The number of aromatic nitrogens is 2. The molecular formula is C26H33N5O5. The van der Waals surface area contributed by atoms with Gasteiger partial charge in [0.2, 0.25) is 11.8 Å². The summed E-state index contributed by atoms with van der Waals surface area (Å²) in [5.41, 5.74) is 2.47. The van der Waals surface area contributed by atoms with Crippen LogP contribution >= 0.6 is 0 Å². The van der Waals surface area contributed by atoms with Crippen molar-refractivity contribution < 1.29 is 23.9 Å². The molecule has 0 unspecified atom stereocenters. The van der Waals surface area contributed by atoms with Gasteiger partial charge in [-0.15, -0.1) is 0 Å². The highest BCUT2D eigenvalue weighted by Gasteiger charge is 2.39. The monoisotopic (exact) mass is 495 g/mol. The van der Waals surface area contributed by atoms with E-state index in [1.165, 1.54) is 0 Å². The predicted octanol–water partition coefficient (Wildman–Crippen LogP) is 2.88. The van der Waals surface area contributed by atoms with E-state index in [9.17, 15) is 14.4 Å². The van der Waals surface area contributed by atoms with E-state index in [4.69, 9.17) is 9.47 Å². The van der Waals surface area contributed by atoms with Gasteiger partial charge in [-0.25, -0.2) is 0 Å². The van der Waals surface area contributed by atoms with Crippen LogP contribution in [-0.2, 0) is 21.4 Å². The van der Waals surface area contributed by atoms with Crippen molar-refractivity contribution >= 4 is 29.1 Å². The quantitative estimate of drug-likeness (QED) is 0.659. The second-order valence-corrected chi connectivity index (χ2v) is 10.1. The minimum atomic E-state index is -0.350. The highest BCUT2D eigenvalue weighted by molar-refractivity contribution is 6.00. The fourth-order valence-electron chi connectivity index (χ4n) is 5.15. The highest BCUT2D eigenvalue weighted by atomic mass is 16.5. The van der Waals surface area contributed by atoms with Crippen LogP contribution in [0.25, 0.3) is 0 Å². The number of nitrogens with zero attached hydrogens (tertiary/aromatic N) is 3. The zero-order chi connectivity index (χ0) is 25.4. The second kappa shape index (κ2) is 9.93. The largest absolute Gasteiger partial charge is 0.490 e. The number of amides is 3. The summed E-state index contributed by atoms with van der Waals surface area (Å²) in [6.45, 7) is 2.11. The number of ether oxygens (including phenoxy) is 2. The number of rotatable bonds is 5. The summed E-state index contributed by atoms with van der Waals surface area (Å²) < 4.78 is 14.0. The number of carbonyl (C=O) groups excluding carboxylic acids is 3. The van der Waals surface area contributed by atoms with Crippen molar-refractivity contribution in [3.05, 3.63) is 35.7 Å². The van der Waals surface area contributed by atoms with E-state index in [1.807, 2.05) is 14.0 Å². The van der Waals surface area contributed by atoms with Gasteiger partial charge in [-0.1, -0.05) is 6.42 Å². The Morgan fingerprint density at radius 3 is 2.64 bits per heavy atom. The zero-order valence-corrected chi connectivity index (χ0v) is 21.0. The lowest BCUT2D eigenvalue weighted by atomic mass is 9.85. The first-order chi connectivity index (χ1) is 17.3. The van der Waals surface area contributed by atoms with E-state index >= 15 is 0 Å². The van der Waals surface area contributed by atoms with Crippen molar-refractivity contribution in [1.82, 2.24) is 14.7 Å². The minimum absolute atomic E-state index is 0.00303. The lowest BCUT2D eigenvalue weighted by Gasteiger charge is -2.42. The molecule has 0 radical (unpaired) electrons. The Hall–Kier alpha value is -3.40. The molecule has 3 atom stereocenters. The summed E-state index contributed by atoms with van der Waals surface area (Å²) in [4.78, 5) is 40.1. The molecule has 3 amide bonds. The average Bonchev–Trinajstić information content (AvgIpc) is 3.11. The number of carbonyl (C=O) groups is 3. The number of aryl methyl sites for hydroxylation is 2. The molecule has 1 aromatic heterocycles. The van der Waals surface area contributed by atoms with Gasteiger partial charge in [-0.2, -0.15) is 5.10 Å².